The Morgan fingerprint density at radius 3 is 1.25 bits per heavy atom. The van der Waals surface area contributed by atoms with Crippen LogP contribution in [0.2, 0.25) is 0 Å². The van der Waals surface area contributed by atoms with Gasteiger partial charge >= 0.3 is 0 Å². The van der Waals surface area contributed by atoms with E-state index in [1.807, 2.05) is 0 Å². The van der Waals surface area contributed by atoms with Crippen molar-refractivity contribution in [2.45, 2.75) is 75.5 Å². The lowest BCUT2D eigenvalue weighted by Crippen LogP contribution is -3.00. The first kappa shape index (κ1) is 15.4. The third kappa shape index (κ3) is 3.64. The van der Waals surface area contributed by atoms with E-state index in [1.165, 1.54) is 64.2 Å². The summed E-state index contributed by atoms with van der Waals surface area (Å²) in [4.78, 5) is 0. The van der Waals surface area contributed by atoms with Crippen LogP contribution in [-0.2, 0) is 0 Å². The summed E-state index contributed by atoms with van der Waals surface area (Å²) in [6.07, 6.45) is 13.4. The topological polar surface area (TPSA) is 0 Å². The van der Waals surface area contributed by atoms with Gasteiger partial charge in [0.15, 0.2) is 0 Å². The second kappa shape index (κ2) is 7.03. The largest absolute Gasteiger partial charge is 1.00 e. The molecule has 0 heterocycles. The Bertz CT molecular complexity index is 176. The van der Waals surface area contributed by atoms with Crippen molar-refractivity contribution in [3.05, 3.63) is 0 Å². The molecule has 4 heteroatoms. The van der Waals surface area contributed by atoms with Crippen LogP contribution in [0.3, 0.4) is 0 Å². The minimum Gasteiger partial charge on any atom is -1.00 e. The van der Waals surface area contributed by atoms with Crippen LogP contribution in [0.15, 0.2) is 0 Å². The lowest BCUT2D eigenvalue weighted by molar-refractivity contribution is -0.00000299. The van der Waals surface area contributed by atoms with Gasteiger partial charge in [0, 0.05) is 0 Å². The van der Waals surface area contributed by atoms with Crippen LogP contribution in [0.5, 0.6) is 0 Å². The van der Waals surface area contributed by atoms with Gasteiger partial charge in [-0.3, -0.25) is 0 Å². The van der Waals surface area contributed by atoms with E-state index < -0.39 is 5.97 Å². The first-order chi connectivity index (χ1) is 7.21. The second-order valence-electron chi connectivity index (χ2n) is 5.19. The SMILES string of the molecule is Cl[P+](Cl)(C1CCCCC1)C1CCCCC1.[Cl-]. The highest BCUT2D eigenvalue weighted by atomic mass is 35.9. The number of halogens is 3. The minimum absolute atomic E-state index is 0. The maximum Gasteiger partial charge on any atom is 0.217 e. The Morgan fingerprint density at radius 1 is 0.625 bits per heavy atom. The van der Waals surface area contributed by atoms with E-state index in [2.05, 4.69) is 0 Å². The molecule has 2 aliphatic rings. The summed E-state index contributed by atoms with van der Waals surface area (Å²) in [7, 11) is 0. The van der Waals surface area contributed by atoms with Gasteiger partial charge in [-0.1, -0.05) is 12.8 Å². The molecule has 0 amide bonds. The summed E-state index contributed by atoms with van der Waals surface area (Å²) >= 11 is 13.5. The molecule has 0 saturated heterocycles. The molecule has 2 aliphatic carbocycles. The predicted molar refractivity (Wildman–Crippen MR) is 72.4 cm³/mol. The summed E-state index contributed by atoms with van der Waals surface area (Å²) in [6, 6.07) is 0. The molecule has 0 aromatic rings. The molecule has 2 saturated carbocycles. The van der Waals surface area contributed by atoms with Crippen LogP contribution in [0.1, 0.15) is 64.2 Å². The van der Waals surface area contributed by atoms with Gasteiger partial charge in [-0.05, 0) is 51.4 Å². The Hall–Kier alpha value is 1.30. The molecule has 0 spiro atoms. The third-order valence-corrected chi connectivity index (χ3v) is 10.4. The van der Waals surface area contributed by atoms with Crippen LogP contribution in [0.25, 0.3) is 0 Å². The molecule has 16 heavy (non-hydrogen) atoms. The van der Waals surface area contributed by atoms with Gasteiger partial charge in [0.05, 0.1) is 0 Å². The van der Waals surface area contributed by atoms with Crippen LogP contribution < -0.4 is 12.4 Å². The normalized spacial score (nSPS) is 25.1. The van der Waals surface area contributed by atoms with Crippen LogP contribution in [0, 0.1) is 0 Å². The van der Waals surface area contributed by atoms with E-state index in [4.69, 9.17) is 22.5 Å². The molecular weight excluding hydrogens is 281 g/mol. The fourth-order valence-electron chi connectivity index (χ4n) is 3.15. The van der Waals surface area contributed by atoms with Gasteiger partial charge in [0.25, 0.3) is 0 Å². The molecular formula is C12H22Cl3P. The third-order valence-electron chi connectivity index (χ3n) is 4.12. The summed E-state index contributed by atoms with van der Waals surface area (Å²) in [5, 5.41) is 0. The average molecular weight is 304 g/mol. The Labute approximate surface area is 116 Å². The molecule has 2 fully saturated rings. The Morgan fingerprint density at radius 2 is 0.938 bits per heavy atom. The van der Waals surface area contributed by atoms with E-state index >= 15 is 0 Å². The molecule has 96 valence electrons. The molecule has 0 atom stereocenters. The Balaban J connectivity index is 0.00000128. The summed E-state index contributed by atoms with van der Waals surface area (Å²) in [5.41, 5.74) is 1.36. The van der Waals surface area contributed by atoms with Crippen molar-refractivity contribution in [3.63, 3.8) is 0 Å². The van der Waals surface area contributed by atoms with Gasteiger partial charge in [-0.25, -0.2) is 0 Å². The molecule has 0 unspecified atom stereocenters. The zero-order valence-corrected chi connectivity index (χ0v) is 13.0. The van der Waals surface area contributed by atoms with Gasteiger partial charge in [0.1, 0.15) is 33.8 Å². The smallest absolute Gasteiger partial charge is 0.217 e. The van der Waals surface area contributed by atoms with Gasteiger partial charge in [-0.15, -0.1) is 0 Å². The molecule has 0 bridgehead atoms. The lowest BCUT2D eigenvalue weighted by Gasteiger charge is -2.32. The van der Waals surface area contributed by atoms with E-state index in [0.717, 1.165) is 0 Å². The first-order valence-electron chi connectivity index (χ1n) is 6.49. The van der Waals surface area contributed by atoms with Crippen LogP contribution in [0.4, 0.5) is 0 Å². The number of hydrogen-bond acceptors (Lipinski definition) is 0. The van der Waals surface area contributed by atoms with Crippen molar-refractivity contribution in [3.8, 4) is 0 Å². The van der Waals surface area contributed by atoms with Crippen molar-refractivity contribution in [1.82, 2.24) is 0 Å². The van der Waals surface area contributed by atoms with Crippen molar-refractivity contribution in [2.75, 3.05) is 0 Å². The molecule has 2 rings (SSSR count). The zero-order chi connectivity index (χ0) is 10.7. The molecule has 0 radical (unpaired) electrons. The fraction of sp³-hybridized carbons (Fsp3) is 1.00. The standard InChI is InChI=1S/C12H22Cl2P.ClH/c13-15(14,11-7-3-1-4-8-11)12-9-5-2-6-10-12;/h11-12H,1-10H2;1H/q+1;/p-1. The van der Waals surface area contributed by atoms with E-state index in [0.29, 0.717) is 11.3 Å². The zero-order valence-electron chi connectivity index (χ0n) is 9.81. The average Bonchev–Trinajstić information content (AvgIpc) is 2.31. The van der Waals surface area contributed by atoms with Gasteiger partial charge in [-0.2, -0.15) is 0 Å². The fourth-order valence-corrected chi connectivity index (χ4v) is 8.19. The maximum atomic E-state index is 6.77. The predicted octanol–water partition coefficient (Wildman–Crippen LogP) is 2.98. The van der Waals surface area contributed by atoms with E-state index in [9.17, 15) is 0 Å². The van der Waals surface area contributed by atoms with Crippen molar-refractivity contribution < 1.29 is 12.4 Å². The van der Waals surface area contributed by atoms with Gasteiger partial charge in [0.2, 0.25) is 5.97 Å². The minimum atomic E-state index is -1.65. The Kier molecular flexibility index (Phi) is 6.75. The quantitative estimate of drug-likeness (QED) is 0.688. The van der Waals surface area contributed by atoms with Gasteiger partial charge < -0.3 is 12.4 Å². The highest BCUT2D eigenvalue weighted by Crippen LogP contribution is 2.80. The second-order valence-corrected chi connectivity index (χ2v) is 11.7. The maximum absolute atomic E-state index is 6.77. The van der Waals surface area contributed by atoms with Crippen LogP contribution in [-0.4, -0.2) is 11.3 Å². The molecule has 0 aromatic carbocycles. The summed E-state index contributed by atoms with van der Waals surface area (Å²) in [6.45, 7) is 0. The monoisotopic (exact) mass is 302 g/mol. The molecule has 0 aliphatic heterocycles. The molecule has 0 aromatic heterocycles. The number of rotatable bonds is 2. The first-order valence-corrected chi connectivity index (χ1v) is 10.2. The van der Waals surface area contributed by atoms with E-state index in [1.54, 1.807) is 0 Å². The van der Waals surface area contributed by atoms with E-state index in [-0.39, 0.29) is 12.4 Å². The van der Waals surface area contributed by atoms with Crippen molar-refractivity contribution in [2.24, 2.45) is 0 Å². The van der Waals surface area contributed by atoms with Crippen LogP contribution >= 0.6 is 28.4 Å². The molecule has 0 nitrogen and oxygen atoms in total. The summed E-state index contributed by atoms with van der Waals surface area (Å²) < 4.78 is 0. The lowest BCUT2D eigenvalue weighted by atomic mass is 10.00. The highest BCUT2D eigenvalue weighted by molar-refractivity contribution is 8.18. The van der Waals surface area contributed by atoms with Crippen molar-refractivity contribution >= 4 is 28.4 Å². The number of hydrogen-bond donors (Lipinski definition) is 0. The van der Waals surface area contributed by atoms with Crippen molar-refractivity contribution in [1.29, 1.82) is 0 Å². The highest BCUT2D eigenvalue weighted by Gasteiger charge is 2.51. The molecule has 0 N–H and O–H groups in total. The summed E-state index contributed by atoms with van der Waals surface area (Å²) in [5.74, 6) is -1.65.